The predicted octanol–water partition coefficient (Wildman–Crippen LogP) is 3.82. The second-order valence-corrected chi connectivity index (χ2v) is 15.9. The van der Waals surface area contributed by atoms with Crippen molar-refractivity contribution in [3.8, 4) is 0 Å². The summed E-state index contributed by atoms with van der Waals surface area (Å²) in [6, 6.07) is 0. The van der Waals surface area contributed by atoms with E-state index >= 15 is 0 Å². The minimum absolute atomic E-state index is 0. The predicted molar refractivity (Wildman–Crippen MR) is 16.8 cm³/mol. The van der Waals surface area contributed by atoms with Crippen molar-refractivity contribution in [1.29, 1.82) is 0 Å². The number of hydrogen-bond donors (Lipinski definition) is 0. The van der Waals surface area contributed by atoms with E-state index in [2.05, 4.69) is 0 Å². The van der Waals surface area contributed by atoms with E-state index in [0.29, 0.717) is 0 Å². The van der Waals surface area contributed by atoms with Crippen LogP contribution in [-0.2, 0) is 0 Å². The monoisotopic (exact) mass is 388 g/mol. The molecule has 0 aromatic carbocycles. The minimum atomic E-state index is -19.3. The Morgan fingerprint density at radius 3 is 0.417 bits per heavy atom. The van der Waals surface area contributed by atoms with Crippen LogP contribution >= 0.6 is 0 Å². The summed E-state index contributed by atoms with van der Waals surface area (Å²) in [5.41, 5.74) is 0. The third kappa shape index (κ3) is 312. The summed E-state index contributed by atoms with van der Waals surface area (Å²) in [5.74, 6) is 0. The summed E-state index contributed by atoms with van der Waals surface area (Å²) in [6.45, 7) is 0. The molecule has 0 aliphatic heterocycles. The molecule has 0 aliphatic rings. The Kier molecular flexibility index (Phi) is 1.23. The van der Waals surface area contributed by atoms with E-state index in [4.69, 9.17) is 0 Å². The first-order valence-corrected chi connectivity index (χ1v) is 9.34. The van der Waals surface area contributed by atoms with Crippen LogP contribution in [0.4, 0.5) is 12.7 Å². The van der Waals surface area contributed by atoms with Crippen LogP contribution in [0, 0.1) is 26.7 Å². The summed E-state index contributed by atoms with van der Waals surface area (Å²) >= 11 is -19.3. The molecule has 0 spiro atoms. The second kappa shape index (κ2) is 0.886. The van der Waals surface area contributed by atoms with Gasteiger partial charge in [0.1, 0.15) is 0 Å². The normalized spacial score (nSPS) is 35.8. The van der Waals surface area contributed by atoms with Gasteiger partial charge in [-0.1, -0.05) is 0 Å². The summed E-state index contributed by atoms with van der Waals surface area (Å²) in [4.78, 5) is 0. The molecule has 80 valence electrons. The van der Waals surface area contributed by atoms with Crippen molar-refractivity contribution < 1.29 is 39.3 Å². The molecule has 0 saturated heterocycles. The smallest absolute Gasteiger partial charge is 0 e. The molecule has 0 rings (SSSR count). The molecule has 0 unspecified atom stereocenters. The fourth-order valence-corrected chi connectivity index (χ4v) is 0. The first-order chi connectivity index (χ1) is 3.16. The van der Waals surface area contributed by atoms with Gasteiger partial charge in [-0.05, 0) is 0 Å². The van der Waals surface area contributed by atoms with Gasteiger partial charge in [-0.15, -0.1) is 0 Å². The molecule has 0 aromatic heterocycles. The zero-order chi connectivity index (χ0) is 10.3. The molecule has 0 fully saturated rings. The molecule has 0 saturated carbocycles. The van der Waals surface area contributed by atoms with E-state index in [-0.39, 0.29) is 51.4 Å². The Bertz CT molecular complexity index is 257. The largest absolute Gasteiger partial charge is 0 e. The molecule has 0 heterocycles. The molecule has 12 heteroatoms. The molecule has 0 bridgehead atoms. The van der Waals surface area contributed by atoms with Crippen molar-refractivity contribution >= 4 is 51.4 Å². The molecule has 0 aliphatic carbocycles. The van der Waals surface area contributed by atoms with Crippen molar-refractivity contribution in [2.45, 2.75) is 0 Å². The van der Waals surface area contributed by atoms with Crippen LogP contribution in [0.1, 0.15) is 0 Å². The van der Waals surface area contributed by atoms with Crippen LogP contribution in [0.25, 0.3) is 0 Å². The zero-order valence-corrected chi connectivity index (χ0v) is 10.4. The molecule has 0 amide bonds. The maximum absolute atomic E-state index is 19.3. The topological polar surface area (TPSA) is 0 Å². The summed E-state index contributed by atoms with van der Waals surface area (Å²) in [5, 5.41) is 0. The molecular weight excluding hydrogens is 388 g/mol. The van der Waals surface area contributed by atoms with Crippen LogP contribution in [0.5, 0.6) is 0 Å². The molecule has 1 radical (unpaired) electrons. The van der Waals surface area contributed by atoms with Gasteiger partial charge in [0.05, 0.1) is 0 Å². The van der Waals surface area contributed by atoms with Crippen LogP contribution in [-0.4, -0.2) is 51.4 Å². The molecule has 0 aromatic rings. The third-order valence-corrected chi connectivity index (χ3v) is 0. The summed E-state index contributed by atoms with van der Waals surface area (Å²) in [7, 11) is 0. The number of rotatable bonds is 0. The Hall–Kier alpha value is 2.22. The van der Waals surface area contributed by atoms with Gasteiger partial charge in [0.25, 0.3) is 0 Å². The van der Waals surface area contributed by atoms with Gasteiger partial charge in [0.2, 0.25) is 0 Å². The van der Waals surface area contributed by atoms with Gasteiger partial charge < -0.3 is 0 Å². The Balaban J connectivity index is 0. The van der Waals surface area contributed by atoms with Gasteiger partial charge in [-0.3, -0.25) is 0 Å². The Labute approximate surface area is 88.2 Å². The quantitative estimate of drug-likeness (QED) is 0.438. The van der Waals surface area contributed by atoms with E-state index in [0.717, 1.165) is 0 Å². The average Bonchev–Trinajstić information content (AvgIpc) is 0.439. The molecule has 0 N–H and O–H groups in total. The fraction of sp³-hybridized carbons (Fsp3) is 0. The first-order valence-electron chi connectivity index (χ1n) is 1.26. The molecular formula is F10KTb. The third-order valence-electron chi connectivity index (χ3n) is 0. The van der Waals surface area contributed by atoms with Crippen molar-refractivity contribution in [3.05, 3.63) is 0 Å². The Morgan fingerprint density at radius 1 is 0.417 bits per heavy atom. The van der Waals surface area contributed by atoms with Crippen LogP contribution in [0.3, 0.4) is 0 Å². The van der Waals surface area contributed by atoms with Crippen molar-refractivity contribution in [1.82, 2.24) is 0 Å². The summed E-state index contributed by atoms with van der Waals surface area (Å²) in [6.07, 6.45) is 0. The van der Waals surface area contributed by atoms with Crippen molar-refractivity contribution in [3.63, 3.8) is 0 Å². The average molecular weight is 388 g/mol. The van der Waals surface area contributed by atoms with Gasteiger partial charge >= 0.3 is 39.3 Å². The molecule has 0 nitrogen and oxygen atoms in total. The second-order valence-electron chi connectivity index (χ2n) is 2.14. The standard InChI is InChI=1S/10FH.K.Tb/h10*1H;;/q;;;;;;;;;;;+10/p-10. The van der Waals surface area contributed by atoms with E-state index in [1.807, 2.05) is 0 Å². The van der Waals surface area contributed by atoms with Gasteiger partial charge in [-0.2, -0.15) is 0 Å². The first kappa shape index (κ1) is 16.6. The van der Waals surface area contributed by atoms with Gasteiger partial charge in [-0.25, -0.2) is 0 Å². The van der Waals surface area contributed by atoms with Crippen LogP contribution < -0.4 is 0 Å². The van der Waals surface area contributed by atoms with E-state index in [9.17, 15) is 12.7 Å². The number of halogens is 10. The van der Waals surface area contributed by atoms with Crippen LogP contribution in [0.2, 0.25) is 0 Å². The fourth-order valence-electron chi connectivity index (χ4n) is 0. The molecule has 12 heavy (non-hydrogen) atoms. The SMILES string of the molecule is [F][Tb]([F])([F])([F])([F])([F])([F])([F])([F])[F].[K]. The number of hydrogen-bond acceptors (Lipinski definition) is 0. The maximum Gasteiger partial charge on any atom is 0 e. The Morgan fingerprint density at radius 2 is 0.417 bits per heavy atom. The van der Waals surface area contributed by atoms with Gasteiger partial charge in [0, 0.05) is 51.4 Å². The summed E-state index contributed by atoms with van der Waals surface area (Å²) < 4.78 is 99.5. The van der Waals surface area contributed by atoms with Crippen LogP contribution in [0.15, 0.2) is 0 Å². The zero-order valence-electron chi connectivity index (χ0n) is 5.11. The van der Waals surface area contributed by atoms with E-state index in [1.54, 1.807) is 0 Å². The van der Waals surface area contributed by atoms with Gasteiger partial charge in [0.15, 0.2) is 0 Å². The maximum atomic E-state index is 9.95. The molecule has 0 atom stereocenters. The van der Waals surface area contributed by atoms with E-state index < -0.39 is 26.7 Å². The van der Waals surface area contributed by atoms with E-state index in [1.165, 1.54) is 0 Å². The van der Waals surface area contributed by atoms with Crippen molar-refractivity contribution in [2.75, 3.05) is 0 Å². The minimum Gasteiger partial charge on any atom is 0 e. The van der Waals surface area contributed by atoms with Crippen molar-refractivity contribution in [2.24, 2.45) is 0 Å².